The number of carbonyl (C=O) groups is 3. The number of hydrogen-bond donors (Lipinski definition) is 3. The Morgan fingerprint density at radius 2 is 1.67 bits per heavy atom. The number of aromatic nitrogens is 2. The van der Waals surface area contributed by atoms with E-state index in [0.717, 1.165) is 48.8 Å². The van der Waals surface area contributed by atoms with Crippen molar-refractivity contribution in [3.8, 4) is 0 Å². The quantitative estimate of drug-likeness (QED) is 0.467. The van der Waals surface area contributed by atoms with Crippen LogP contribution in [0.3, 0.4) is 0 Å². The van der Waals surface area contributed by atoms with E-state index >= 15 is 0 Å². The van der Waals surface area contributed by atoms with E-state index in [0.29, 0.717) is 0 Å². The number of nitrogens with one attached hydrogen (secondary N) is 1. The van der Waals surface area contributed by atoms with Gasteiger partial charge in [0.1, 0.15) is 5.76 Å². The highest BCUT2D eigenvalue weighted by Gasteiger charge is 2.45. The summed E-state index contributed by atoms with van der Waals surface area (Å²) in [4.78, 5) is 36.8. The number of carboxylic acid groups (broad SMARTS) is 2. The molecule has 17 heteroatoms. The number of morpholine rings is 1. The van der Waals surface area contributed by atoms with Crippen LogP contribution in [-0.4, -0.2) is 80.7 Å². The van der Waals surface area contributed by atoms with E-state index in [-0.39, 0.29) is 24.0 Å². The molecule has 1 amide bonds. The third kappa shape index (κ3) is 9.51. The first kappa shape index (κ1) is 31.5. The lowest BCUT2D eigenvalue weighted by Gasteiger charge is -2.32. The van der Waals surface area contributed by atoms with Crippen molar-refractivity contribution in [1.82, 2.24) is 15.0 Å². The van der Waals surface area contributed by atoms with E-state index in [1.807, 2.05) is 26.0 Å². The lowest BCUT2D eigenvalue weighted by atomic mass is 9.99. The first-order chi connectivity index (χ1) is 18.0. The maximum atomic E-state index is 12.6. The first-order valence-corrected chi connectivity index (χ1v) is 11.1. The Bertz CT molecular complexity index is 1100. The number of aliphatic carboxylic acids is 2. The molecule has 11 nitrogen and oxygen atoms in total. The number of aryl methyl sites for hydroxylation is 2. The maximum Gasteiger partial charge on any atom is 0.490 e. The normalized spacial score (nSPS) is 20.7. The molecule has 2 fully saturated rings. The van der Waals surface area contributed by atoms with Gasteiger partial charge in [-0.15, -0.1) is 0 Å². The van der Waals surface area contributed by atoms with E-state index < -0.39 is 24.3 Å². The Labute approximate surface area is 216 Å². The zero-order valence-corrected chi connectivity index (χ0v) is 20.4. The number of anilines is 1. The molecular weight excluding hydrogens is 546 g/mol. The molecule has 0 spiro atoms. The summed E-state index contributed by atoms with van der Waals surface area (Å²) >= 11 is 0. The molecule has 0 radical (unpaired) electrons. The van der Waals surface area contributed by atoms with E-state index in [1.165, 1.54) is 0 Å². The standard InChI is InChI=1S/C18H22N4O3.2C2HF3O2/c1-11-16(12(2)25-21-11)9-22-8-14-6-15(17(10-22)24-14)18(23)20-13-4-3-5-19-7-13;2*3-2(4,5)1(6)7/h3-5,7,14-15,17H,6,8-10H2,1-2H3,(H,20,23);2*(H,6,7). The fourth-order valence-corrected chi connectivity index (χ4v) is 3.77. The van der Waals surface area contributed by atoms with Crippen LogP contribution in [0.15, 0.2) is 29.0 Å². The molecule has 4 heterocycles. The molecule has 0 aromatic carbocycles. The molecule has 216 valence electrons. The van der Waals surface area contributed by atoms with Crippen molar-refractivity contribution in [3.05, 3.63) is 41.5 Å². The summed E-state index contributed by atoms with van der Waals surface area (Å²) in [5.74, 6) is -4.76. The van der Waals surface area contributed by atoms with Crippen LogP contribution in [0.2, 0.25) is 0 Å². The van der Waals surface area contributed by atoms with Crippen LogP contribution >= 0.6 is 0 Å². The number of ether oxygens (including phenoxy) is 1. The summed E-state index contributed by atoms with van der Waals surface area (Å²) in [5, 5.41) is 21.2. The first-order valence-electron chi connectivity index (χ1n) is 11.1. The summed E-state index contributed by atoms with van der Waals surface area (Å²) in [5.41, 5.74) is 2.79. The van der Waals surface area contributed by atoms with Crippen LogP contribution < -0.4 is 5.32 Å². The number of alkyl halides is 6. The monoisotopic (exact) mass is 570 g/mol. The number of fused-ring (bicyclic) bond motifs is 2. The van der Waals surface area contributed by atoms with Gasteiger partial charge in [-0.2, -0.15) is 26.3 Å². The Morgan fingerprint density at radius 3 is 2.13 bits per heavy atom. The average molecular weight is 570 g/mol. The SMILES string of the molecule is Cc1noc(C)c1CN1CC2CC(C(=O)Nc3cccnc3)C(C1)O2.O=C(O)C(F)(F)F.O=C(O)C(F)(F)F. The molecule has 3 atom stereocenters. The Kier molecular flexibility index (Phi) is 10.4. The zero-order valence-electron chi connectivity index (χ0n) is 20.4. The van der Waals surface area contributed by atoms with Gasteiger partial charge >= 0.3 is 24.3 Å². The molecule has 2 saturated heterocycles. The van der Waals surface area contributed by atoms with Gasteiger partial charge in [-0.25, -0.2) is 9.59 Å². The molecule has 0 saturated carbocycles. The smallest absolute Gasteiger partial charge is 0.475 e. The van der Waals surface area contributed by atoms with Gasteiger partial charge in [0.05, 0.1) is 35.7 Å². The minimum absolute atomic E-state index is 0.0136. The van der Waals surface area contributed by atoms with Crippen LogP contribution in [0, 0.1) is 19.8 Å². The van der Waals surface area contributed by atoms with Crippen LogP contribution in [0.5, 0.6) is 0 Å². The van der Waals surface area contributed by atoms with Crippen molar-refractivity contribution in [3.63, 3.8) is 0 Å². The average Bonchev–Trinajstić information content (AvgIpc) is 3.31. The number of nitrogens with zero attached hydrogens (tertiary/aromatic N) is 3. The van der Waals surface area contributed by atoms with Crippen molar-refractivity contribution < 1.29 is 60.2 Å². The van der Waals surface area contributed by atoms with Gasteiger partial charge in [0.25, 0.3) is 0 Å². The second-order valence-electron chi connectivity index (χ2n) is 8.47. The predicted octanol–water partition coefficient (Wildman–Crippen LogP) is 3.18. The topological polar surface area (TPSA) is 155 Å². The second-order valence-corrected chi connectivity index (χ2v) is 8.47. The van der Waals surface area contributed by atoms with Crippen molar-refractivity contribution in [2.75, 3.05) is 18.4 Å². The Morgan fingerprint density at radius 1 is 1.08 bits per heavy atom. The van der Waals surface area contributed by atoms with Crippen molar-refractivity contribution >= 4 is 23.5 Å². The molecule has 39 heavy (non-hydrogen) atoms. The molecule has 3 unspecified atom stereocenters. The van der Waals surface area contributed by atoms with Crippen LogP contribution in [0.25, 0.3) is 0 Å². The molecule has 2 bridgehead atoms. The van der Waals surface area contributed by atoms with Gasteiger partial charge in [0.15, 0.2) is 0 Å². The number of likely N-dealkylation sites (tertiary alicyclic amines) is 1. The van der Waals surface area contributed by atoms with Crippen LogP contribution in [0.4, 0.5) is 32.0 Å². The summed E-state index contributed by atoms with van der Waals surface area (Å²) in [6, 6.07) is 3.65. The molecule has 0 aliphatic carbocycles. The lowest BCUT2D eigenvalue weighted by molar-refractivity contribution is -0.193. The third-order valence-corrected chi connectivity index (χ3v) is 5.55. The highest BCUT2D eigenvalue weighted by atomic mass is 19.4. The molecule has 2 aliphatic rings. The largest absolute Gasteiger partial charge is 0.490 e. The van der Waals surface area contributed by atoms with Crippen molar-refractivity contribution in [2.45, 2.75) is 51.4 Å². The second kappa shape index (κ2) is 12.9. The zero-order chi connectivity index (χ0) is 29.5. The maximum absolute atomic E-state index is 12.6. The number of amides is 1. The Hall–Kier alpha value is -3.73. The molecule has 2 aromatic rings. The van der Waals surface area contributed by atoms with Gasteiger partial charge < -0.3 is 24.8 Å². The van der Waals surface area contributed by atoms with Gasteiger partial charge in [0.2, 0.25) is 5.91 Å². The summed E-state index contributed by atoms with van der Waals surface area (Å²) in [7, 11) is 0. The number of carboxylic acids is 2. The van der Waals surface area contributed by atoms with Crippen LogP contribution in [0.1, 0.15) is 23.4 Å². The molecular formula is C22H24F6N4O7. The number of halogens is 6. The van der Waals surface area contributed by atoms with Gasteiger partial charge in [-0.3, -0.25) is 14.7 Å². The highest BCUT2D eigenvalue weighted by molar-refractivity contribution is 5.93. The summed E-state index contributed by atoms with van der Waals surface area (Å²) < 4.78 is 74.7. The van der Waals surface area contributed by atoms with E-state index in [4.69, 9.17) is 29.1 Å². The van der Waals surface area contributed by atoms with Crippen LogP contribution in [-0.2, 0) is 25.7 Å². The van der Waals surface area contributed by atoms with Crippen molar-refractivity contribution in [1.29, 1.82) is 0 Å². The van der Waals surface area contributed by atoms with Gasteiger partial charge in [-0.1, -0.05) is 5.16 Å². The molecule has 3 N–H and O–H groups in total. The lowest BCUT2D eigenvalue weighted by Crippen LogP contribution is -2.44. The van der Waals surface area contributed by atoms with E-state index in [2.05, 4.69) is 20.4 Å². The number of carbonyl (C=O) groups excluding carboxylic acids is 1. The van der Waals surface area contributed by atoms with Crippen molar-refractivity contribution in [2.24, 2.45) is 5.92 Å². The summed E-state index contributed by atoms with van der Waals surface area (Å²) in [6.07, 6.45) is -6.04. The third-order valence-electron chi connectivity index (χ3n) is 5.55. The highest BCUT2D eigenvalue weighted by Crippen LogP contribution is 2.33. The minimum Gasteiger partial charge on any atom is -0.475 e. The van der Waals surface area contributed by atoms with Gasteiger partial charge in [-0.05, 0) is 32.4 Å². The van der Waals surface area contributed by atoms with E-state index in [9.17, 15) is 31.1 Å². The molecule has 4 rings (SSSR count). The number of hydrogen-bond acceptors (Lipinski definition) is 8. The van der Waals surface area contributed by atoms with E-state index in [1.54, 1.807) is 12.4 Å². The number of pyridine rings is 1. The molecule has 2 aromatic heterocycles. The number of rotatable bonds is 4. The molecule has 2 aliphatic heterocycles. The minimum atomic E-state index is -5.08. The predicted molar refractivity (Wildman–Crippen MR) is 118 cm³/mol. The van der Waals surface area contributed by atoms with Gasteiger partial charge in [0, 0.05) is 31.4 Å². The fourth-order valence-electron chi connectivity index (χ4n) is 3.77. The summed E-state index contributed by atoms with van der Waals surface area (Å²) in [6.45, 7) is 6.26. The fraction of sp³-hybridized carbons (Fsp3) is 0.500. The Balaban J connectivity index is 0.000000317.